The van der Waals surface area contributed by atoms with Crippen molar-refractivity contribution in [2.24, 2.45) is 0 Å². The molecule has 1 saturated heterocycles. The van der Waals surface area contributed by atoms with Gasteiger partial charge in [-0.15, -0.1) is 0 Å². The maximum atomic E-state index is 11.9. The lowest BCUT2D eigenvalue weighted by Crippen LogP contribution is -2.33. The summed E-state index contributed by atoms with van der Waals surface area (Å²) in [6.45, 7) is 4.37. The van der Waals surface area contributed by atoms with Gasteiger partial charge in [-0.1, -0.05) is 0 Å². The van der Waals surface area contributed by atoms with Crippen LogP contribution in [0.2, 0.25) is 0 Å². The molecule has 2 heterocycles. The van der Waals surface area contributed by atoms with E-state index < -0.39 is 0 Å². The zero-order valence-corrected chi connectivity index (χ0v) is 9.22. The van der Waals surface area contributed by atoms with Gasteiger partial charge in [0.2, 0.25) is 0 Å². The Balaban J connectivity index is 1.91. The summed E-state index contributed by atoms with van der Waals surface area (Å²) >= 11 is 0. The molecular formula is C11H16N4O. The van der Waals surface area contributed by atoms with Gasteiger partial charge in [0.25, 0.3) is 0 Å². The third-order valence-electron chi connectivity index (χ3n) is 2.68. The number of Topliss-reactive ketones (excluding diaryl/α,β-unsaturated/α-hetero) is 1. The molecule has 5 nitrogen and oxygen atoms in total. The summed E-state index contributed by atoms with van der Waals surface area (Å²) in [6.07, 6.45) is 5.68. The molecule has 0 amide bonds. The van der Waals surface area contributed by atoms with Crippen molar-refractivity contribution in [1.29, 1.82) is 0 Å². The van der Waals surface area contributed by atoms with E-state index in [0.717, 1.165) is 32.6 Å². The van der Waals surface area contributed by atoms with Crippen molar-refractivity contribution in [1.82, 2.24) is 20.2 Å². The van der Waals surface area contributed by atoms with Crippen molar-refractivity contribution in [2.75, 3.05) is 32.7 Å². The highest BCUT2D eigenvalue weighted by Crippen LogP contribution is 2.00. The molecule has 1 aromatic rings. The van der Waals surface area contributed by atoms with Crippen molar-refractivity contribution in [2.45, 2.75) is 6.42 Å². The highest BCUT2D eigenvalue weighted by molar-refractivity contribution is 5.97. The van der Waals surface area contributed by atoms with Crippen LogP contribution in [0.15, 0.2) is 18.7 Å². The lowest BCUT2D eigenvalue weighted by atomic mass is 10.2. The van der Waals surface area contributed by atoms with E-state index in [1.165, 1.54) is 6.33 Å². The third-order valence-corrected chi connectivity index (χ3v) is 2.68. The first-order valence-electron chi connectivity index (χ1n) is 5.57. The molecule has 2 rings (SSSR count). The number of hydrogen-bond donors (Lipinski definition) is 1. The van der Waals surface area contributed by atoms with Crippen LogP contribution >= 0.6 is 0 Å². The molecule has 1 aliphatic rings. The number of nitrogens with zero attached hydrogens (tertiary/aromatic N) is 3. The zero-order valence-electron chi connectivity index (χ0n) is 9.22. The minimum atomic E-state index is 0.0995. The van der Waals surface area contributed by atoms with E-state index in [-0.39, 0.29) is 5.78 Å². The summed E-state index contributed by atoms with van der Waals surface area (Å²) in [6, 6.07) is 0. The first kappa shape index (κ1) is 11.2. The minimum Gasteiger partial charge on any atom is -0.315 e. The number of carbonyl (C=O) groups excluding carboxylic acids is 1. The van der Waals surface area contributed by atoms with Gasteiger partial charge in [-0.05, 0) is 19.5 Å². The Labute approximate surface area is 94.9 Å². The maximum Gasteiger partial charge on any atom is 0.179 e. The van der Waals surface area contributed by atoms with E-state index in [1.807, 2.05) is 0 Å². The fourth-order valence-electron chi connectivity index (χ4n) is 1.80. The quantitative estimate of drug-likeness (QED) is 0.724. The molecule has 1 aliphatic heterocycles. The van der Waals surface area contributed by atoms with Crippen molar-refractivity contribution < 1.29 is 4.79 Å². The molecule has 16 heavy (non-hydrogen) atoms. The molecule has 1 aromatic heterocycles. The largest absolute Gasteiger partial charge is 0.315 e. The lowest BCUT2D eigenvalue weighted by Gasteiger charge is -2.17. The van der Waals surface area contributed by atoms with Gasteiger partial charge in [-0.2, -0.15) is 0 Å². The standard InChI is InChI=1S/C11H16N4O/c16-11(10-6-13-9-14-7-10)8-15-4-1-2-12-3-5-15/h6-7,9,12H,1-5,8H2. The second-order valence-corrected chi connectivity index (χ2v) is 3.93. The fourth-order valence-corrected chi connectivity index (χ4v) is 1.80. The van der Waals surface area contributed by atoms with E-state index in [0.29, 0.717) is 12.1 Å². The highest BCUT2D eigenvalue weighted by atomic mass is 16.1. The number of rotatable bonds is 3. The van der Waals surface area contributed by atoms with Gasteiger partial charge in [0.05, 0.1) is 12.1 Å². The normalized spacial score (nSPS) is 18.0. The van der Waals surface area contributed by atoms with E-state index in [2.05, 4.69) is 20.2 Å². The van der Waals surface area contributed by atoms with Gasteiger partial charge in [0.15, 0.2) is 5.78 Å². The van der Waals surface area contributed by atoms with Gasteiger partial charge in [-0.25, -0.2) is 9.97 Å². The molecule has 0 radical (unpaired) electrons. The average Bonchev–Trinajstić information content (AvgIpc) is 2.59. The fraction of sp³-hybridized carbons (Fsp3) is 0.545. The summed E-state index contributed by atoms with van der Waals surface area (Å²) < 4.78 is 0. The SMILES string of the molecule is O=C(CN1CCCNCC1)c1cncnc1. The van der Waals surface area contributed by atoms with Crippen LogP contribution in [0, 0.1) is 0 Å². The maximum absolute atomic E-state index is 11.9. The smallest absolute Gasteiger partial charge is 0.179 e. The van der Waals surface area contributed by atoms with Crippen LogP contribution in [-0.4, -0.2) is 53.4 Å². The zero-order chi connectivity index (χ0) is 11.2. The first-order valence-corrected chi connectivity index (χ1v) is 5.57. The van der Waals surface area contributed by atoms with Crippen LogP contribution in [0.3, 0.4) is 0 Å². The van der Waals surface area contributed by atoms with E-state index >= 15 is 0 Å². The van der Waals surface area contributed by atoms with E-state index in [4.69, 9.17) is 0 Å². The Bertz CT molecular complexity index is 333. The second kappa shape index (κ2) is 5.67. The van der Waals surface area contributed by atoms with Crippen molar-refractivity contribution in [3.05, 3.63) is 24.3 Å². The molecule has 0 saturated carbocycles. The second-order valence-electron chi connectivity index (χ2n) is 3.93. The number of nitrogens with one attached hydrogen (secondary N) is 1. The summed E-state index contributed by atoms with van der Waals surface area (Å²) in [7, 11) is 0. The molecule has 0 unspecified atom stereocenters. The minimum absolute atomic E-state index is 0.0995. The highest BCUT2D eigenvalue weighted by Gasteiger charge is 2.14. The number of ketones is 1. The Hall–Kier alpha value is -1.33. The van der Waals surface area contributed by atoms with Gasteiger partial charge in [0.1, 0.15) is 6.33 Å². The molecule has 5 heteroatoms. The Morgan fingerprint density at radius 3 is 2.94 bits per heavy atom. The van der Waals surface area contributed by atoms with Crippen LogP contribution in [0.5, 0.6) is 0 Å². The van der Waals surface area contributed by atoms with Crippen LogP contribution in [0.1, 0.15) is 16.8 Å². The summed E-state index contributed by atoms with van der Waals surface area (Å²) in [5, 5.41) is 3.31. The number of carbonyl (C=O) groups is 1. The van der Waals surface area contributed by atoms with Gasteiger partial charge in [-0.3, -0.25) is 9.69 Å². The van der Waals surface area contributed by atoms with Gasteiger partial charge >= 0.3 is 0 Å². The van der Waals surface area contributed by atoms with Gasteiger partial charge < -0.3 is 5.32 Å². The average molecular weight is 220 g/mol. The summed E-state index contributed by atoms with van der Waals surface area (Å²) in [4.78, 5) is 21.8. The molecule has 0 bridgehead atoms. The monoisotopic (exact) mass is 220 g/mol. The predicted molar refractivity (Wildman–Crippen MR) is 60.3 cm³/mol. The van der Waals surface area contributed by atoms with E-state index in [1.54, 1.807) is 12.4 Å². The molecule has 0 aromatic carbocycles. The summed E-state index contributed by atoms with van der Waals surface area (Å²) in [5.41, 5.74) is 0.597. The number of aromatic nitrogens is 2. The molecule has 1 N–H and O–H groups in total. The van der Waals surface area contributed by atoms with Crippen molar-refractivity contribution in [3.63, 3.8) is 0 Å². The number of hydrogen-bond acceptors (Lipinski definition) is 5. The molecule has 86 valence electrons. The Morgan fingerprint density at radius 1 is 1.31 bits per heavy atom. The molecule has 0 atom stereocenters. The van der Waals surface area contributed by atoms with Crippen LogP contribution in [0.25, 0.3) is 0 Å². The molecule has 0 aliphatic carbocycles. The lowest BCUT2D eigenvalue weighted by molar-refractivity contribution is 0.0934. The van der Waals surface area contributed by atoms with Crippen LogP contribution in [-0.2, 0) is 0 Å². The van der Waals surface area contributed by atoms with Crippen LogP contribution < -0.4 is 5.32 Å². The third kappa shape index (κ3) is 3.08. The van der Waals surface area contributed by atoms with Crippen molar-refractivity contribution in [3.8, 4) is 0 Å². The van der Waals surface area contributed by atoms with Crippen LogP contribution in [0.4, 0.5) is 0 Å². The molecule has 1 fully saturated rings. The molecule has 0 spiro atoms. The first-order chi connectivity index (χ1) is 7.86. The topological polar surface area (TPSA) is 58.1 Å². The van der Waals surface area contributed by atoms with Gasteiger partial charge in [0, 0.05) is 25.5 Å². The van der Waals surface area contributed by atoms with Crippen molar-refractivity contribution >= 4 is 5.78 Å². The Kier molecular flexibility index (Phi) is 3.96. The van der Waals surface area contributed by atoms with E-state index in [9.17, 15) is 4.79 Å². The Morgan fingerprint density at radius 2 is 2.12 bits per heavy atom. The predicted octanol–water partition coefficient (Wildman–Crippen LogP) is -0.0454. The summed E-state index contributed by atoms with van der Waals surface area (Å²) in [5.74, 6) is 0.0995. The molecular weight excluding hydrogens is 204 g/mol.